The van der Waals surface area contributed by atoms with Gasteiger partial charge in [0.05, 0.1) is 13.3 Å². The Hall–Kier alpha value is -0.140. The molecule has 0 N–H and O–H groups in total. The highest BCUT2D eigenvalue weighted by molar-refractivity contribution is 4.47. The van der Waals surface area contributed by atoms with E-state index in [4.69, 9.17) is 0 Å². The number of hydrogen-bond acceptors (Lipinski definition) is 0. The molecule has 0 saturated carbocycles. The van der Waals surface area contributed by atoms with Crippen LogP contribution in [-0.2, 0) is 0 Å². The van der Waals surface area contributed by atoms with Gasteiger partial charge >= 0.3 is 0 Å². The van der Waals surface area contributed by atoms with Crippen LogP contribution in [0.1, 0.15) is 64.2 Å². The lowest BCUT2D eigenvalue weighted by Crippen LogP contribution is -1.83. The first-order valence-electron chi connectivity index (χ1n) is 6.03. The van der Waals surface area contributed by atoms with Crippen molar-refractivity contribution in [2.75, 3.05) is 13.3 Å². The molecule has 0 aromatic rings. The van der Waals surface area contributed by atoms with E-state index in [0.717, 1.165) is 25.7 Å². The van der Waals surface area contributed by atoms with E-state index in [9.17, 15) is 8.78 Å². The topological polar surface area (TPSA) is 0 Å². The first-order chi connectivity index (χ1) is 6.91. The van der Waals surface area contributed by atoms with Gasteiger partial charge in [-0.25, -0.2) is 0 Å². The van der Waals surface area contributed by atoms with Crippen LogP contribution in [0.5, 0.6) is 0 Å². The van der Waals surface area contributed by atoms with Gasteiger partial charge in [0.25, 0.3) is 0 Å². The Morgan fingerprint density at radius 2 is 0.571 bits per heavy atom. The van der Waals surface area contributed by atoms with Crippen molar-refractivity contribution < 1.29 is 8.78 Å². The minimum Gasteiger partial charge on any atom is -0.251 e. The van der Waals surface area contributed by atoms with Crippen LogP contribution in [0.3, 0.4) is 0 Å². The van der Waals surface area contributed by atoms with Crippen molar-refractivity contribution in [2.45, 2.75) is 64.2 Å². The zero-order valence-corrected chi connectivity index (χ0v) is 9.24. The van der Waals surface area contributed by atoms with Crippen LogP contribution < -0.4 is 0 Å². The van der Waals surface area contributed by atoms with Crippen molar-refractivity contribution in [1.29, 1.82) is 0 Å². The van der Waals surface area contributed by atoms with Gasteiger partial charge in [-0.05, 0) is 12.8 Å². The molecule has 0 aliphatic rings. The molecular formula is C12H24F2. The lowest BCUT2D eigenvalue weighted by atomic mass is 10.1. The minimum atomic E-state index is -0.163. The third-order valence-electron chi connectivity index (χ3n) is 2.52. The summed E-state index contributed by atoms with van der Waals surface area (Å²) < 4.78 is 23.4. The Kier molecular flexibility index (Phi) is 12.7. The highest BCUT2D eigenvalue weighted by Gasteiger charge is 1.92. The summed E-state index contributed by atoms with van der Waals surface area (Å²) >= 11 is 0. The zero-order chi connectivity index (χ0) is 10.5. The number of halogens is 2. The van der Waals surface area contributed by atoms with E-state index < -0.39 is 0 Å². The Morgan fingerprint density at radius 3 is 0.786 bits per heavy atom. The summed E-state index contributed by atoms with van der Waals surface area (Å²) in [5.74, 6) is 0. The zero-order valence-electron chi connectivity index (χ0n) is 9.24. The van der Waals surface area contributed by atoms with Crippen LogP contribution in [-0.4, -0.2) is 13.3 Å². The van der Waals surface area contributed by atoms with Crippen LogP contribution in [0.2, 0.25) is 0 Å². The summed E-state index contributed by atoms with van der Waals surface area (Å²) in [5.41, 5.74) is 0. The normalized spacial score (nSPS) is 10.7. The largest absolute Gasteiger partial charge is 0.251 e. The fourth-order valence-electron chi connectivity index (χ4n) is 1.60. The molecule has 0 heterocycles. The standard InChI is InChI=1S/C12H24F2/c13-11-9-7-5-3-1-2-4-6-8-10-12-14/h1-12H2. The molecule has 0 amide bonds. The van der Waals surface area contributed by atoms with Crippen molar-refractivity contribution in [3.63, 3.8) is 0 Å². The van der Waals surface area contributed by atoms with E-state index in [1.807, 2.05) is 0 Å². The van der Waals surface area contributed by atoms with E-state index in [-0.39, 0.29) is 13.3 Å². The average molecular weight is 206 g/mol. The summed E-state index contributed by atoms with van der Waals surface area (Å²) in [4.78, 5) is 0. The predicted molar refractivity (Wildman–Crippen MR) is 58.1 cm³/mol. The van der Waals surface area contributed by atoms with Gasteiger partial charge in [-0.3, -0.25) is 8.78 Å². The second kappa shape index (κ2) is 12.9. The Labute approximate surface area is 87.1 Å². The Morgan fingerprint density at radius 1 is 0.357 bits per heavy atom. The first-order valence-corrected chi connectivity index (χ1v) is 6.03. The van der Waals surface area contributed by atoms with Gasteiger partial charge in [0.2, 0.25) is 0 Å². The third-order valence-corrected chi connectivity index (χ3v) is 2.52. The lowest BCUT2D eigenvalue weighted by molar-refractivity contribution is 0.442. The molecule has 2 heteroatoms. The highest BCUT2D eigenvalue weighted by Crippen LogP contribution is 2.10. The molecule has 0 aromatic carbocycles. The second-order valence-electron chi connectivity index (χ2n) is 3.91. The van der Waals surface area contributed by atoms with Gasteiger partial charge in [-0.2, -0.15) is 0 Å². The van der Waals surface area contributed by atoms with E-state index >= 15 is 0 Å². The summed E-state index contributed by atoms with van der Waals surface area (Å²) in [6.07, 6.45) is 10.9. The average Bonchev–Trinajstić information content (AvgIpc) is 2.21. The van der Waals surface area contributed by atoms with Gasteiger partial charge in [0.1, 0.15) is 0 Å². The second-order valence-corrected chi connectivity index (χ2v) is 3.91. The molecule has 0 bridgehead atoms. The molecule has 0 atom stereocenters. The Balaban J connectivity index is 2.78. The van der Waals surface area contributed by atoms with Crippen molar-refractivity contribution in [3.05, 3.63) is 0 Å². The molecule has 0 aliphatic carbocycles. The summed E-state index contributed by atoms with van der Waals surface area (Å²) in [6.45, 7) is -0.327. The molecule has 86 valence electrons. The Bertz CT molecular complexity index is 82.3. The van der Waals surface area contributed by atoms with Crippen LogP contribution in [0, 0.1) is 0 Å². The van der Waals surface area contributed by atoms with Crippen LogP contribution in [0.25, 0.3) is 0 Å². The summed E-state index contributed by atoms with van der Waals surface area (Å²) in [7, 11) is 0. The molecule has 14 heavy (non-hydrogen) atoms. The SMILES string of the molecule is FCCCCCCCCCCCCF. The predicted octanol–water partition coefficient (Wildman–Crippen LogP) is 4.83. The first kappa shape index (κ1) is 13.9. The van der Waals surface area contributed by atoms with Gasteiger partial charge < -0.3 is 0 Å². The maximum Gasteiger partial charge on any atom is 0.0894 e. The molecule has 0 rings (SSSR count). The maximum absolute atomic E-state index is 11.7. The monoisotopic (exact) mass is 206 g/mol. The fraction of sp³-hybridized carbons (Fsp3) is 1.00. The van der Waals surface area contributed by atoms with E-state index in [0.29, 0.717) is 0 Å². The van der Waals surface area contributed by atoms with Gasteiger partial charge in [0.15, 0.2) is 0 Å². The molecule has 0 saturated heterocycles. The molecular weight excluding hydrogens is 182 g/mol. The fourth-order valence-corrected chi connectivity index (χ4v) is 1.60. The van der Waals surface area contributed by atoms with Gasteiger partial charge in [-0.15, -0.1) is 0 Å². The molecule has 0 aromatic heterocycles. The third kappa shape index (κ3) is 11.9. The van der Waals surface area contributed by atoms with Crippen LogP contribution in [0.4, 0.5) is 8.78 Å². The number of hydrogen-bond donors (Lipinski definition) is 0. The molecule has 0 spiro atoms. The molecule has 0 nitrogen and oxygen atoms in total. The number of unbranched alkanes of at least 4 members (excludes halogenated alkanes) is 9. The highest BCUT2D eigenvalue weighted by atomic mass is 19.1. The van der Waals surface area contributed by atoms with Crippen molar-refractivity contribution in [2.24, 2.45) is 0 Å². The van der Waals surface area contributed by atoms with Crippen molar-refractivity contribution in [1.82, 2.24) is 0 Å². The minimum absolute atomic E-state index is 0.163. The maximum atomic E-state index is 11.7. The van der Waals surface area contributed by atoms with E-state index in [1.54, 1.807) is 0 Å². The number of rotatable bonds is 11. The number of alkyl halides is 2. The van der Waals surface area contributed by atoms with Crippen molar-refractivity contribution >= 4 is 0 Å². The lowest BCUT2D eigenvalue weighted by Gasteiger charge is -2.00. The van der Waals surface area contributed by atoms with Crippen LogP contribution >= 0.6 is 0 Å². The van der Waals surface area contributed by atoms with Gasteiger partial charge in [0, 0.05) is 0 Å². The van der Waals surface area contributed by atoms with E-state index in [1.165, 1.54) is 38.5 Å². The van der Waals surface area contributed by atoms with Crippen molar-refractivity contribution in [3.8, 4) is 0 Å². The summed E-state index contributed by atoms with van der Waals surface area (Å²) in [6, 6.07) is 0. The van der Waals surface area contributed by atoms with Crippen LogP contribution in [0.15, 0.2) is 0 Å². The molecule has 0 aliphatic heterocycles. The summed E-state index contributed by atoms with van der Waals surface area (Å²) in [5, 5.41) is 0. The smallest absolute Gasteiger partial charge is 0.0894 e. The quantitative estimate of drug-likeness (QED) is 0.425. The van der Waals surface area contributed by atoms with E-state index in [2.05, 4.69) is 0 Å². The molecule has 0 fully saturated rings. The van der Waals surface area contributed by atoms with Gasteiger partial charge in [-0.1, -0.05) is 51.4 Å². The molecule has 0 radical (unpaired) electrons. The molecule has 0 unspecified atom stereocenters.